The standard InChI is InChI=1S/C18H27NO3/c20-18(14-22-17-8-11-21-13-17)9-6-16(7-10-18)19-12-15-4-2-1-3-5-15/h1-5,16-17,19-20H,6-14H2. The van der Waals surface area contributed by atoms with Gasteiger partial charge in [0, 0.05) is 19.2 Å². The second kappa shape index (κ2) is 7.55. The molecule has 0 amide bonds. The smallest absolute Gasteiger partial charge is 0.0881 e. The first-order chi connectivity index (χ1) is 10.7. The largest absolute Gasteiger partial charge is 0.387 e. The first-order valence-corrected chi connectivity index (χ1v) is 8.43. The van der Waals surface area contributed by atoms with E-state index in [1.165, 1.54) is 5.56 Å². The van der Waals surface area contributed by atoms with Crippen LogP contribution in [0.25, 0.3) is 0 Å². The molecule has 1 saturated heterocycles. The molecule has 22 heavy (non-hydrogen) atoms. The van der Waals surface area contributed by atoms with E-state index in [2.05, 4.69) is 29.6 Å². The summed E-state index contributed by atoms with van der Waals surface area (Å²) in [7, 11) is 0. The maximum absolute atomic E-state index is 10.6. The molecule has 1 aliphatic heterocycles. The van der Waals surface area contributed by atoms with Gasteiger partial charge in [0.2, 0.25) is 0 Å². The summed E-state index contributed by atoms with van der Waals surface area (Å²) in [6, 6.07) is 11.0. The number of hydrogen-bond acceptors (Lipinski definition) is 4. The van der Waals surface area contributed by atoms with E-state index in [-0.39, 0.29) is 6.10 Å². The van der Waals surface area contributed by atoms with Crippen molar-refractivity contribution in [3.05, 3.63) is 35.9 Å². The Hall–Kier alpha value is -0.940. The molecule has 2 fully saturated rings. The van der Waals surface area contributed by atoms with Gasteiger partial charge < -0.3 is 19.9 Å². The number of nitrogens with one attached hydrogen (secondary N) is 1. The van der Waals surface area contributed by atoms with Crippen LogP contribution in [-0.4, -0.2) is 42.7 Å². The SMILES string of the molecule is OC1(COC2CCOC2)CCC(NCc2ccccc2)CC1. The van der Waals surface area contributed by atoms with Crippen molar-refractivity contribution >= 4 is 0 Å². The fraction of sp³-hybridized carbons (Fsp3) is 0.667. The van der Waals surface area contributed by atoms with E-state index in [0.717, 1.165) is 45.3 Å². The lowest BCUT2D eigenvalue weighted by atomic mass is 9.82. The quantitative estimate of drug-likeness (QED) is 0.846. The summed E-state index contributed by atoms with van der Waals surface area (Å²) in [5.41, 5.74) is 0.668. The van der Waals surface area contributed by atoms with E-state index >= 15 is 0 Å². The Labute approximate surface area is 132 Å². The Kier molecular flexibility index (Phi) is 5.47. The summed E-state index contributed by atoms with van der Waals surface area (Å²) in [6.45, 7) is 2.82. The van der Waals surface area contributed by atoms with Crippen LogP contribution in [0.4, 0.5) is 0 Å². The Balaban J connectivity index is 1.37. The molecule has 1 aromatic carbocycles. The van der Waals surface area contributed by atoms with Gasteiger partial charge in [-0.05, 0) is 37.7 Å². The Morgan fingerprint density at radius 1 is 1.18 bits per heavy atom. The molecule has 4 nitrogen and oxygen atoms in total. The highest BCUT2D eigenvalue weighted by atomic mass is 16.5. The topological polar surface area (TPSA) is 50.7 Å². The van der Waals surface area contributed by atoms with Crippen LogP contribution in [0.15, 0.2) is 30.3 Å². The predicted octanol–water partition coefficient (Wildman–Crippen LogP) is 2.26. The molecule has 1 unspecified atom stereocenters. The summed E-state index contributed by atoms with van der Waals surface area (Å²) in [6.07, 6.45) is 4.78. The highest BCUT2D eigenvalue weighted by molar-refractivity contribution is 5.14. The first-order valence-electron chi connectivity index (χ1n) is 8.43. The molecular formula is C18H27NO3. The van der Waals surface area contributed by atoms with Crippen molar-refractivity contribution in [1.82, 2.24) is 5.32 Å². The zero-order valence-electron chi connectivity index (χ0n) is 13.2. The van der Waals surface area contributed by atoms with Gasteiger partial charge in [-0.3, -0.25) is 0 Å². The van der Waals surface area contributed by atoms with Crippen molar-refractivity contribution in [1.29, 1.82) is 0 Å². The van der Waals surface area contributed by atoms with E-state index in [1.54, 1.807) is 0 Å². The minimum atomic E-state index is -0.645. The maximum Gasteiger partial charge on any atom is 0.0881 e. The van der Waals surface area contributed by atoms with E-state index in [9.17, 15) is 5.11 Å². The third-order valence-electron chi connectivity index (χ3n) is 4.83. The lowest BCUT2D eigenvalue weighted by Gasteiger charge is -2.36. The second-order valence-corrected chi connectivity index (χ2v) is 6.66. The van der Waals surface area contributed by atoms with E-state index < -0.39 is 5.60 Å². The molecule has 1 aromatic rings. The van der Waals surface area contributed by atoms with Crippen molar-refractivity contribution in [3.8, 4) is 0 Å². The van der Waals surface area contributed by atoms with Gasteiger partial charge in [-0.15, -0.1) is 0 Å². The molecule has 0 bridgehead atoms. The zero-order chi connectivity index (χ0) is 15.3. The number of hydrogen-bond donors (Lipinski definition) is 2. The van der Waals surface area contributed by atoms with E-state index in [4.69, 9.17) is 9.47 Å². The third kappa shape index (κ3) is 4.53. The molecule has 4 heteroatoms. The van der Waals surface area contributed by atoms with Crippen LogP contribution < -0.4 is 5.32 Å². The van der Waals surface area contributed by atoms with Gasteiger partial charge in [0.15, 0.2) is 0 Å². The van der Waals surface area contributed by atoms with Gasteiger partial charge in [-0.1, -0.05) is 30.3 Å². The first kappa shape index (κ1) is 15.9. The Bertz CT molecular complexity index is 437. The number of benzene rings is 1. The van der Waals surface area contributed by atoms with Gasteiger partial charge in [0.05, 0.1) is 24.9 Å². The number of aliphatic hydroxyl groups is 1. The summed E-state index contributed by atoms with van der Waals surface area (Å²) >= 11 is 0. The highest BCUT2D eigenvalue weighted by Crippen LogP contribution is 2.29. The normalized spacial score (nSPS) is 32.2. The van der Waals surface area contributed by atoms with Crippen molar-refractivity contribution in [2.24, 2.45) is 0 Å². The average Bonchev–Trinajstić information content (AvgIpc) is 3.07. The monoisotopic (exact) mass is 305 g/mol. The summed E-state index contributed by atoms with van der Waals surface area (Å²) in [5.74, 6) is 0. The van der Waals surface area contributed by atoms with Crippen LogP contribution in [0.3, 0.4) is 0 Å². The van der Waals surface area contributed by atoms with Crippen LogP contribution in [-0.2, 0) is 16.0 Å². The molecule has 0 radical (unpaired) electrons. The average molecular weight is 305 g/mol. The van der Waals surface area contributed by atoms with Gasteiger partial charge in [0.25, 0.3) is 0 Å². The molecule has 122 valence electrons. The molecular weight excluding hydrogens is 278 g/mol. The van der Waals surface area contributed by atoms with Crippen LogP contribution in [0.1, 0.15) is 37.7 Å². The third-order valence-corrected chi connectivity index (χ3v) is 4.83. The van der Waals surface area contributed by atoms with Crippen molar-refractivity contribution in [3.63, 3.8) is 0 Å². The van der Waals surface area contributed by atoms with Gasteiger partial charge >= 0.3 is 0 Å². The van der Waals surface area contributed by atoms with Gasteiger partial charge in [-0.2, -0.15) is 0 Å². The van der Waals surface area contributed by atoms with Gasteiger partial charge in [-0.25, -0.2) is 0 Å². The van der Waals surface area contributed by atoms with E-state index in [1.807, 2.05) is 6.07 Å². The minimum absolute atomic E-state index is 0.179. The highest BCUT2D eigenvalue weighted by Gasteiger charge is 2.34. The fourth-order valence-corrected chi connectivity index (χ4v) is 3.28. The van der Waals surface area contributed by atoms with Crippen molar-refractivity contribution in [2.45, 2.75) is 56.4 Å². The number of ether oxygens (including phenoxy) is 2. The van der Waals surface area contributed by atoms with Crippen molar-refractivity contribution < 1.29 is 14.6 Å². The molecule has 1 aliphatic carbocycles. The molecule has 0 aromatic heterocycles. The maximum atomic E-state index is 10.6. The van der Waals surface area contributed by atoms with Crippen molar-refractivity contribution in [2.75, 3.05) is 19.8 Å². The molecule has 2 N–H and O–H groups in total. The zero-order valence-corrected chi connectivity index (χ0v) is 13.2. The summed E-state index contributed by atoms with van der Waals surface area (Å²) in [5, 5.41) is 14.2. The fourth-order valence-electron chi connectivity index (χ4n) is 3.28. The molecule has 0 spiro atoms. The minimum Gasteiger partial charge on any atom is -0.387 e. The summed E-state index contributed by atoms with van der Waals surface area (Å²) < 4.78 is 11.1. The lowest BCUT2D eigenvalue weighted by molar-refractivity contribution is -0.0937. The van der Waals surface area contributed by atoms with Crippen LogP contribution in [0.2, 0.25) is 0 Å². The van der Waals surface area contributed by atoms with Crippen LogP contribution in [0.5, 0.6) is 0 Å². The molecule has 1 heterocycles. The second-order valence-electron chi connectivity index (χ2n) is 6.66. The molecule has 2 aliphatic rings. The van der Waals surface area contributed by atoms with Crippen LogP contribution >= 0.6 is 0 Å². The Morgan fingerprint density at radius 3 is 2.64 bits per heavy atom. The van der Waals surface area contributed by atoms with Gasteiger partial charge in [0.1, 0.15) is 0 Å². The van der Waals surface area contributed by atoms with Crippen LogP contribution in [0, 0.1) is 0 Å². The van der Waals surface area contributed by atoms with E-state index in [0.29, 0.717) is 19.3 Å². The molecule has 1 atom stereocenters. The Morgan fingerprint density at radius 2 is 1.95 bits per heavy atom. The molecule has 3 rings (SSSR count). The lowest BCUT2D eigenvalue weighted by Crippen LogP contribution is -2.44. The predicted molar refractivity (Wildman–Crippen MR) is 85.7 cm³/mol. The molecule has 1 saturated carbocycles. The number of rotatable bonds is 6. The summed E-state index contributed by atoms with van der Waals surface area (Å²) in [4.78, 5) is 0.